The molecule has 128 valence electrons. The average molecular weight is 342 g/mol. The molecule has 1 atom stereocenters. The highest BCUT2D eigenvalue weighted by Gasteiger charge is 2.32. The van der Waals surface area contributed by atoms with Gasteiger partial charge < -0.3 is 14.8 Å². The van der Waals surface area contributed by atoms with Crippen LogP contribution in [-0.2, 0) is 14.3 Å². The van der Waals surface area contributed by atoms with Crippen LogP contribution in [0.3, 0.4) is 0 Å². The number of amides is 1. The quantitative estimate of drug-likeness (QED) is 0.736. The minimum atomic E-state index is -1.21. The van der Waals surface area contributed by atoms with Crippen molar-refractivity contribution in [3.05, 3.63) is 29.3 Å². The van der Waals surface area contributed by atoms with Gasteiger partial charge in [0.25, 0.3) is 5.91 Å². The Labute approximate surface area is 142 Å². The maximum Gasteiger partial charge on any atom is 0.350 e. The molecule has 23 heavy (non-hydrogen) atoms. The van der Waals surface area contributed by atoms with E-state index in [0.29, 0.717) is 10.8 Å². The molecule has 0 radical (unpaired) electrons. The van der Waals surface area contributed by atoms with Crippen molar-refractivity contribution in [3.8, 4) is 5.75 Å². The normalized spacial score (nSPS) is 12.4. The summed E-state index contributed by atoms with van der Waals surface area (Å²) in [7, 11) is 0. The van der Waals surface area contributed by atoms with Crippen LogP contribution in [0.15, 0.2) is 24.3 Å². The lowest BCUT2D eigenvalue weighted by Gasteiger charge is -2.24. The van der Waals surface area contributed by atoms with Crippen molar-refractivity contribution in [2.24, 2.45) is 0 Å². The van der Waals surface area contributed by atoms with Crippen molar-refractivity contribution in [1.29, 1.82) is 0 Å². The average Bonchev–Trinajstić information content (AvgIpc) is 2.47. The zero-order valence-electron chi connectivity index (χ0n) is 14.0. The summed E-state index contributed by atoms with van der Waals surface area (Å²) in [5.74, 6) is -0.426. The van der Waals surface area contributed by atoms with E-state index in [-0.39, 0.29) is 18.6 Å². The molecule has 1 aromatic rings. The highest BCUT2D eigenvalue weighted by molar-refractivity contribution is 6.30. The van der Waals surface area contributed by atoms with Crippen LogP contribution in [0.5, 0.6) is 5.75 Å². The first-order chi connectivity index (χ1) is 10.7. The molecule has 0 aliphatic rings. The lowest BCUT2D eigenvalue weighted by Crippen LogP contribution is -2.42. The van der Waals surface area contributed by atoms with Gasteiger partial charge in [-0.3, -0.25) is 4.79 Å². The van der Waals surface area contributed by atoms with E-state index in [1.807, 2.05) is 13.8 Å². The molecule has 0 heterocycles. The monoisotopic (exact) mass is 341 g/mol. The van der Waals surface area contributed by atoms with E-state index in [1.54, 1.807) is 38.1 Å². The molecule has 0 aliphatic carbocycles. The van der Waals surface area contributed by atoms with Crippen molar-refractivity contribution in [2.75, 3.05) is 6.61 Å². The third-order valence-corrected chi connectivity index (χ3v) is 3.39. The Morgan fingerprint density at radius 1 is 1.26 bits per heavy atom. The number of esters is 1. The van der Waals surface area contributed by atoms with E-state index in [0.717, 1.165) is 12.8 Å². The van der Waals surface area contributed by atoms with Gasteiger partial charge in [-0.2, -0.15) is 0 Å². The van der Waals surface area contributed by atoms with Gasteiger partial charge in [-0.1, -0.05) is 24.9 Å². The van der Waals surface area contributed by atoms with E-state index >= 15 is 0 Å². The molecule has 1 N–H and O–H groups in total. The number of halogens is 1. The molecule has 6 heteroatoms. The largest absolute Gasteiger partial charge is 0.476 e. The lowest BCUT2D eigenvalue weighted by atomic mass is 10.1. The fraction of sp³-hybridized carbons (Fsp3) is 0.529. The van der Waals surface area contributed by atoms with Crippen molar-refractivity contribution in [1.82, 2.24) is 5.32 Å². The molecule has 0 fully saturated rings. The Morgan fingerprint density at radius 3 is 2.43 bits per heavy atom. The molecule has 1 amide bonds. The first-order valence-electron chi connectivity index (χ1n) is 7.65. The van der Waals surface area contributed by atoms with Crippen molar-refractivity contribution >= 4 is 23.5 Å². The smallest absolute Gasteiger partial charge is 0.350 e. The number of hydrogen-bond acceptors (Lipinski definition) is 4. The zero-order chi connectivity index (χ0) is 17.5. The van der Waals surface area contributed by atoms with Crippen LogP contribution in [0.4, 0.5) is 0 Å². The lowest BCUT2D eigenvalue weighted by molar-refractivity contribution is -0.162. The van der Waals surface area contributed by atoms with E-state index in [1.165, 1.54) is 0 Å². The Morgan fingerprint density at radius 2 is 1.87 bits per heavy atom. The molecule has 5 nitrogen and oxygen atoms in total. The molecule has 1 aromatic carbocycles. The highest BCUT2D eigenvalue weighted by atomic mass is 35.5. The Bertz CT molecular complexity index is 528. The molecule has 0 aliphatic heterocycles. The van der Waals surface area contributed by atoms with Gasteiger partial charge in [-0.25, -0.2) is 4.79 Å². The number of carbonyl (C=O) groups excluding carboxylic acids is 2. The third-order valence-electron chi connectivity index (χ3n) is 3.14. The zero-order valence-corrected chi connectivity index (χ0v) is 14.8. The van der Waals surface area contributed by atoms with Crippen molar-refractivity contribution in [2.45, 2.75) is 52.2 Å². The second-order valence-electron chi connectivity index (χ2n) is 5.90. The van der Waals surface area contributed by atoms with Gasteiger partial charge in [-0.05, 0) is 51.5 Å². The van der Waals surface area contributed by atoms with Crippen LogP contribution in [0.1, 0.15) is 40.5 Å². The molecule has 0 saturated carbocycles. The predicted octanol–water partition coefficient (Wildman–Crippen LogP) is 3.35. The van der Waals surface area contributed by atoms with Crippen LogP contribution in [-0.4, -0.2) is 30.1 Å². The van der Waals surface area contributed by atoms with E-state index in [2.05, 4.69) is 5.32 Å². The molecule has 0 aromatic heterocycles. The molecule has 0 saturated heterocycles. The highest BCUT2D eigenvalue weighted by Crippen LogP contribution is 2.21. The summed E-state index contributed by atoms with van der Waals surface area (Å²) < 4.78 is 10.6. The third kappa shape index (κ3) is 6.91. The Hall–Kier alpha value is -1.75. The predicted molar refractivity (Wildman–Crippen MR) is 89.6 cm³/mol. The number of carbonyl (C=O) groups is 2. The number of benzene rings is 1. The summed E-state index contributed by atoms with van der Waals surface area (Å²) in [6, 6.07) is 6.72. The van der Waals surface area contributed by atoms with E-state index in [4.69, 9.17) is 21.1 Å². The molecular formula is C17H24ClNO4. The summed E-state index contributed by atoms with van der Waals surface area (Å²) in [6.07, 6.45) is 1.86. The molecule has 0 spiro atoms. The van der Waals surface area contributed by atoms with Gasteiger partial charge in [0, 0.05) is 11.1 Å². The Balaban J connectivity index is 2.48. The maximum atomic E-state index is 12.1. The number of nitrogens with one attached hydrogen (secondary N) is 1. The van der Waals surface area contributed by atoms with Crippen LogP contribution < -0.4 is 10.1 Å². The number of rotatable bonds is 8. The SMILES string of the molecule is CCCC(C)NC(=O)COC(=O)C(C)(C)Oc1ccc(Cl)cc1. The van der Waals surface area contributed by atoms with Crippen LogP contribution in [0.25, 0.3) is 0 Å². The minimum absolute atomic E-state index is 0.0597. The van der Waals surface area contributed by atoms with Crippen LogP contribution in [0, 0.1) is 0 Å². The second kappa shape index (κ2) is 8.77. The van der Waals surface area contributed by atoms with Gasteiger partial charge in [0.2, 0.25) is 0 Å². The fourth-order valence-corrected chi connectivity index (χ4v) is 2.09. The number of hydrogen-bond donors (Lipinski definition) is 1. The fourth-order valence-electron chi connectivity index (χ4n) is 1.97. The minimum Gasteiger partial charge on any atom is -0.476 e. The molecular weight excluding hydrogens is 318 g/mol. The van der Waals surface area contributed by atoms with Gasteiger partial charge in [-0.15, -0.1) is 0 Å². The summed E-state index contributed by atoms with van der Waals surface area (Å²) in [5, 5.41) is 3.35. The Kier molecular flexibility index (Phi) is 7.36. The second-order valence-corrected chi connectivity index (χ2v) is 6.34. The van der Waals surface area contributed by atoms with Gasteiger partial charge in [0.15, 0.2) is 12.2 Å². The summed E-state index contributed by atoms with van der Waals surface area (Å²) in [6.45, 7) is 6.81. The van der Waals surface area contributed by atoms with Crippen molar-refractivity contribution < 1.29 is 19.1 Å². The van der Waals surface area contributed by atoms with E-state index in [9.17, 15) is 9.59 Å². The van der Waals surface area contributed by atoms with E-state index < -0.39 is 11.6 Å². The standard InChI is InChI=1S/C17H24ClNO4/c1-5-6-12(2)19-15(20)11-22-16(21)17(3,4)23-14-9-7-13(18)8-10-14/h7-10,12H,5-6,11H2,1-4H3,(H,19,20). The summed E-state index contributed by atoms with van der Waals surface area (Å²) in [4.78, 5) is 23.8. The topological polar surface area (TPSA) is 64.6 Å². The van der Waals surface area contributed by atoms with Crippen LogP contribution >= 0.6 is 11.6 Å². The first-order valence-corrected chi connectivity index (χ1v) is 8.03. The molecule has 1 rings (SSSR count). The summed E-state index contributed by atoms with van der Waals surface area (Å²) in [5.41, 5.74) is -1.21. The van der Waals surface area contributed by atoms with Crippen molar-refractivity contribution in [3.63, 3.8) is 0 Å². The maximum absolute atomic E-state index is 12.1. The van der Waals surface area contributed by atoms with Crippen LogP contribution in [0.2, 0.25) is 5.02 Å². The van der Waals surface area contributed by atoms with Gasteiger partial charge in [0.1, 0.15) is 5.75 Å². The van der Waals surface area contributed by atoms with Gasteiger partial charge >= 0.3 is 5.97 Å². The molecule has 1 unspecified atom stereocenters. The molecule has 0 bridgehead atoms. The first kappa shape index (κ1) is 19.3. The van der Waals surface area contributed by atoms with Gasteiger partial charge in [0.05, 0.1) is 0 Å². The summed E-state index contributed by atoms with van der Waals surface area (Å²) >= 11 is 5.80. The number of ether oxygens (including phenoxy) is 2.